The number of Topliss-reactive ketones (excluding diaryl/α,β-unsaturated/α-hetero) is 1. The van der Waals surface area contributed by atoms with E-state index >= 15 is 0 Å². The molecule has 2 aromatic carbocycles. The van der Waals surface area contributed by atoms with Crippen LogP contribution < -0.4 is 10.1 Å². The lowest BCUT2D eigenvalue weighted by Crippen LogP contribution is -2.25. The molecule has 6 nitrogen and oxygen atoms in total. The number of benzene rings is 2. The van der Waals surface area contributed by atoms with Crippen LogP contribution in [0, 0.1) is 0 Å². The Morgan fingerprint density at radius 2 is 1.79 bits per heavy atom. The molecule has 3 rings (SSSR count). The third-order valence-corrected chi connectivity index (χ3v) is 4.28. The van der Waals surface area contributed by atoms with E-state index in [1.807, 2.05) is 19.1 Å². The number of hydrogen-bond donors (Lipinski definition) is 1. The number of nitrogens with one attached hydrogen (secondary N) is 1. The third-order valence-electron chi connectivity index (χ3n) is 4.28. The quantitative estimate of drug-likeness (QED) is 0.419. The average Bonchev–Trinajstić information content (AvgIpc) is 3.26. The maximum atomic E-state index is 12.7. The minimum absolute atomic E-state index is 0.276. The zero-order chi connectivity index (χ0) is 20.6. The Kier molecular flexibility index (Phi) is 6.68. The van der Waals surface area contributed by atoms with E-state index in [0.717, 1.165) is 5.76 Å². The van der Waals surface area contributed by atoms with Gasteiger partial charge in [-0.25, -0.2) is 4.79 Å². The Morgan fingerprint density at radius 1 is 1.03 bits per heavy atom. The van der Waals surface area contributed by atoms with E-state index in [2.05, 4.69) is 5.32 Å². The summed E-state index contributed by atoms with van der Waals surface area (Å²) in [5.74, 6) is 0.583. The molecule has 29 heavy (non-hydrogen) atoms. The molecule has 1 aromatic heterocycles. The van der Waals surface area contributed by atoms with Crippen molar-refractivity contribution in [3.8, 4) is 5.75 Å². The van der Waals surface area contributed by atoms with Crippen molar-refractivity contribution >= 4 is 17.4 Å². The van der Waals surface area contributed by atoms with E-state index in [4.69, 9.17) is 13.9 Å². The van der Waals surface area contributed by atoms with E-state index in [-0.39, 0.29) is 5.78 Å². The van der Waals surface area contributed by atoms with Gasteiger partial charge in [-0.05, 0) is 62.4 Å². The predicted octanol–water partition coefficient (Wildman–Crippen LogP) is 4.72. The average molecular weight is 393 g/mol. The van der Waals surface area contributed by atoms with Gasteiger partial charge in [0.05, 0.1) is 25.0 Å². The number of rotatable bonds is 9. The highest BCUT2D eigenvalue weighted by Crippen LogP contribution is 2.20. The van der Waals surface area contributed by atoms with Gasteiger partial charge in [0.2, 0.25) is 5.78 Å². The van der Waals surface area contributed by atoms with Gasteiger partial charge >= 0.3 is 5.97 Å². The number of ether oxygens (including phenoxy) is 2. The molecule has 1 atom stereocenters. The fourth-order valence-corrected chi connectivity index (χ4v) is 2.81. The molecule has 0 aliphatic heterocycles. The molecule has 0 aliphatic rings. The van der Waals surface area contributed by atoms with Crippen LogP contribution in [0.25, 0.3) is 0 Å². The summed E-state index contributed by atoms with van der Waals surface area (Å²) in [5.41, 5.74) is 1.41. The van der Waals surface area contributed by atoms with Crippen LogP contribution in [0.5, 0.6) is 5.75 Å². The molecule has 0 aliphatic carbocycles. The van der Waals surface area contributed by atoms with Gasteiger partial charge in [0.15, 0.2) is 6.10 Å². The maximum absolute atomic E-state index is 12.7. The van der Waals surface area contributed by atoms with Gasteiger partial charge in [0.25, 0.3) is 0 Å². The van der Waals surface area contributed by atoms with Crippen LogP contribution in [-0.4, -0.2) is 24.5 Å². The number of anilines is 1. The second-order valence-electron chi connectivity index (χ2n) is 6.35. The fourth-order valence-electron chi connectivity index (χ4n) is 2.81. The van der Waals surface area contributed by atoms with Crippen LogP contribution in [0.4, 0.5) is 5.69 Å². The fraction of sp³-hybridized carbons (Fsp3) is 0.217. The lowest BCUT2D eigenvalue weighted by molar-refractivity contribution is 0.0319. The first-order valence-corrected chi connectivity index (χ1v) is 9.41. The molecule has 1 heterocycles. The standard InChI is InChI=1S/C23H23NO5/c1-3-27-18-12-10-17(11-13-18)22(25)16(2)29-23(26)20-8-4-5-9-21(20)24-15-19-7-6-14-28-19/h4-14,16,24H,3,15H2,1-2H3/t16-/m0/s1. The van der Waals surface area contributed by atoms with E-state index in [0.29, 0.717) is 35.7 Å². The van der Waals surface area contributed by atoms with Gasteiger partial charge in [-0.1, -0.05) is 12.1 Å². The highest BCUT2D eigenvalue weighted by atomic mass is 16.5. The van der Waals surface area contributed by atoms with Gasteiger partial charge in [-0.3, -0.25) is 4.79 Å². The molecule has 0 bridgehead atoms. The van der Waals surface area contributed by atoms with E-state index in [1.165, 1.54) is 0 Å². The van der Waals surface area contributed by atoms with Crippen molar-refractivity contribution in [3.63, 3.8) is 0 Å². The topological polar surface area (TPSA) is 77.8 Å². The van der Waals surface area contributed by atoms with E-state index < -0.39 is 12.1 Å². The Hall–Kier alpha value is -3.54. The van der Waals surface area contributed by atoms with Crippen molar-refractivity contribution in [1.29, 1.82) is 0 Å². The molecule has 0 saturated heterocycles. The molecule has 3 aromatic rings. The lowest BCUT2D eigenvalue weighted by Gasteiger charge is -2.15. The molecule has 6 heteroatoms. The van der Waals surface area contributed by atoms with Crippen molar-refractivity contribution in [2.45, 2.75) is 26.5 Å². The zero-order valence-electron chi connectivity index (χ0n) is 16.4. The molecule has 0 radical (unpaired) electrons. The normalized spacial score (nSPS) is 11.5. The SMILES string of the molecule is CCOc1ccc(C(=O)[C@H](C)OC(=O)c2ccccc2NCc2ccco2)cc1. The summed E-state index contributed by atoms with van der Waals surface area (Å²) in [6.07, 6.45) is 0.671. The van der Waals surface area contributed by atoms with Gasteiger partial charge in [-0.15, -0.1) is 0 Å². The smallest absolute Gasteiger partial charge is 0.340 e. The number of para-hydroxylation sites is 1. The second-order valence-corrected chi connectivity index (χ2v) is 6.35. The van der Waals surface area contributed by atoms with Gasteiger partial charge in [0.1, 0.15) is 11.5 Å². The Bertz CT molecular complexity index is 948. The van der Waals surface area contributed by atoms with E-state index in [9.17, 15) is 9.59 Å². The molecule has 0 amide bonds. The largest absolute Gasteiger partial charge is 0.494 e. The minimum atomic E-state index is -0.918. The summed E-state index contributed by atoms with van der Waals surface area (Å²) in [6, 6.07) is 17.4. The van der Waals surface area contributed by atoms with Gasteiger partial charge in [-0.2, -0.15) is 0 Å². The predicted molar refractivity (Wildman–Crippen MR) is 109 cm³/mol. The third kappa shape index (κ3) is 5.25. The molecule has 0 fully saturated rings. The number of furan rings is 1. The molecule has 0 unspecified atom stereocenters. The molecule has 1 N–H and O–H groups in total. The van der Waals surface area contributed by atoms with Crippen LogP contribution in [-0.2, 0) is 11.3 Å². The first-order chi connectivity index (χ1) is 14.1. The number of carbonyl (C=O) groups is 2. The summed E-state index contributed by atoms with van der Waals surface area (Å²) < 4.78 is 16.1. The number of carbonyl (C=O) groups excluding carboxylic acids is 2. The summed E-state index contributed by atoms with van der Waals surface area (Å²) in [6.45, 7) is 4.43. The lowest BCUT2D eigenvalue weighted by atomic mass is 10.1. The van der Waals surface area contributed by atoms with Gasteiger partial charge in [0, 0.05) is 11.3 Å². The van der Waals surface area contributed by atoms with Crippen LogP contribution >= 0.6 is 0 Å². The molecule has 0 spiro atoms. The monoisotopic (exact) mass is 393 g/mol. The highest BCUT2D eigenvalue weighted by Gasteiger charge is 2.22. The van der Waals surface area contributed by atoms with Crippen molar-refractivity contribution in [3.05, 3.63) is 83.8 Å². The van der Waals surface area contributed by atoms with Crippen LogP contribution in [0.3, 0.4) is 0 Å². The Labute approximate surface area is 169 Å². The number of ketones is 1. The summed E-state index contributed by atoms with van der Waals surface area (Å²) >= 11 is 0. The first kappa shape index (κ1) is 20.2. The first-order valence-electron chi connectivity index (χ1n) is 9.41. The summed E-state index contributed by atoms with van der Waals surface area (Å²) in [4.78, 5) is 25.3. The Morgan fingerprint density at radius 3 is 2.48 bits per heavy atom. The van der Waals surface area contributed by atoms with Crippen LogP contribution in [0.2, 0.25) is 0 Å². The molecule has 150 valence electrons. The molecular weight excluding hydrogens is 370 g/mol. The van der Waals surface area contributed by atoms with Crippen molar-refractivity contribution in [2.24, 2.45) is 0 Å². The van der Waals surface area contributed by atoms with Crippen LogP contribution in [0.15, 0.2) is 71.3 Å². The molecular formula is C23H23NO5. The van der Waals surface area contributed by atoms with Crippen molar-refractivity contribution in [1.82, 2.24) is 0 Å². The van der Waals surface area contributed by atoms with E-state index in [1.54, 1.807) is 61.7 Å². The second kappa shape index (κ2) is 9.59. The minimum Gasteiger partial charge on any atom is -0.494 e. The van der Waals surface area contributed by atoms with Crippen molar-refractivity contribution in [2.75, 3.05) is 11.9 Å². The van der Waals surface area contributed by atoms with Crippen molar-refractivity contribution < 1.29 is 23.5 Å². The number of hydrogen-bond acceptors (Lipinski definition) is 6. The Balaban J connectivity index is 1.65. The molecule has 0 saturated carbocycles. The van der Waals surface area contributed by atoms with Crippen LogP contribution in [0.1, 0.15) is 40.3 Å². The van der Waals surface area contributed by atoms with Gasteiger partial charge < -0.3 is 19.2 Å². The summed E-state index contributed by atoms with van der Waals surface area (Å²) in [5, 5.41) is 3.16. The summed E-state index contributed by atoms with van der Waals surface area (Å²) in [7, 11) is 0. The highest BCUT2D eigenvalue weighted by molar-refractivity contribution is 6.02. The zero-order valence-corrected chi connectivity index (χ0v) is 16.4. The number of esters is 1. The maximum Gasteiger partial charge on any atom is 0.340 e.